The predicted molar refractivity (Wildman–Crippen MR) is 115 cm³/mol. The van der Waals surface area contributed by atoms with Crippen LogP contribution in [0.2, 0.25) is 0 Å². The summed E-state index contributed by atoms with van der Waals surface area (Å²) in [6.07, 6.45) is 11.9. The third-order valence-corrected chi connectivity index (χ3v) is 7.14. The van der Waals surface area contributed by atoms with Crippen LogP contribution in [0, 0.1) is 5.41 Å². The van der Waals surface area contributed by atoms with Gasteiger partial charge in [0.05, 0.1) is 26.9 Å². The van der Waals surface area contributed by atoms with Gasteiger partial charge in [0, 0.05) is 11.8 Å². The van der Waals surface area contributed by atoms with E-state index >= 15 is 0 Å². The van der Waals surface area contributed by atoms with E-state index in [2.05, 4.69) is 6.92 Å². The van der Waals surface area contributed by atoms with E-state index in [-0.39, 0.29) is 4.48 Å². The number of carboxylic acid groups (broad SMARTS) is 1. The van der Waals surface area contributed by atoms with Gasteiger partial charge >= 0.3 is 5.97 Å². The number of nitrogens with zero attached hydrogens (tertiary/aromatic N) is 1. The lowest BCUT2D eigenvalue weighted by Gasteiger charge is -2.51. The van der Waals surface area contributed by atoms with Crippen molar-refractivity contribution in [1.29, 1.82) is 0 Å². The molecular formula is C21H44NO5S+. The van der Waals surface area contributed by atoms with Crippen LogP contribution in [-0.2, 0) is 14.9 Å². The highest BCUT2D eigenvalue weighted by atomic mass is 32.2. The van der Waals surface area contributed by atoms with Gasteiger partial charge in [-0.05, 0) is 6.42 Å². The van der Waals surface area contributed by atoms with Crippen molar-refractivity contribution in [3.63, 3.8) is 0 Å². The molecule has 7 heteroatoms. The second-order valence-electron chi connectivity index (χ2n) is 9.72. The largest absolute Gasteiger partial charge is 0.477 e. The normalized spacial score (nSPS) is 15.4. The maximum atomic E-state index is 12.4. The van der Waals surface area contributed by atoms with Crippen molar-refractivity contribution in [1.82, 2.24) is 0 Å². The van der Waals surface area contributed by atoms with Crippen molar-refractivity contribution in [2.75, 3.05) is 26.9 Å². The predicted octanol–water partition coefficient (Wildman–Crippen LogP) is 4.74. The molecule has 1 atom stereocenters. The summed E-state index contributed by atoms with van der Waals surface area (Å²) in [4.78, 5) is 12.4. The van der Waals surface area contributed by atoms with Crippen molar-refractivity contribution in [2.24, 2.45) is 5.41 Å². The van der Waals surface area contributed by atoms with Crippen LogP contribution in [0.1, 0.15) is 91.4 Å². The molecule has 0 saturated carbocycles. The molecule has 1 unspecified atom stereocenters. The highest BCUT2D eigenvalue weighted by molar-refractivity contribution is 7.85. The maximum absolute atomic E-state index is 12.4. The molecule has 0 aromatic heterocycles. The third-order valence-electron chi connectivity index (χ3n) is 6.05. The fourth-order valence-electron chi connectivity index (χ4n) is 4.71. The third kappa shape index (κ3) is 8.37. The summed E-state index contributed by atoms with van der Waals surface area (Å²) in [6.45, 7) is 5.48. The van der Waals surface area contributed by atoms with Crippen LogP contribution in [0.4, 0.5) is 0 Å². The SMILES string of the molecule is CCCCCCCCCCCCC(C(=O)O)(C(C)(C)CS(=O)(=O)O)[N+](C)(C)C. The lowest BCUT2D eigenvalue weighted by molar-refractivity contribution is -0.922. The van der Waals surface area contributed by atoms with Crippen LogP contribution < -0.4 is 0 Å². The molecule has 6 nitrogen and oxygen atoms in total. The van der Waals surface area contributed by atoms with Gasteiger partial charge in [-0.2, -0.15) is 8.42 Å². The fraction of sp³-hybridized carbons (Fsp3) is 0.952. The van der Waals surface area contributed by atoms with E-state index in [1.165, 1.54) is 38.5 Å². The van der Waals surface area contributed by atoms with Crippen LogP contribution in [0.25, 0.3) is 0 Å². The Morgan fingerprint density at radius 2 is 1.25 bits per heavy atom. The minimum absolute atomic E-state index is 0.0995. The van der Waals surface area contributed by atoms with Crippen molar-refractivity contribution in [3.8, 4) is 0 Å². The fourth-order valence-corrected chi connectivity index (χ4v) is 5.86. The van der Waals surface area contributed by atoms with Crippen molar-refractivity contribution >= 4 is 16.1 Å². The number of carboxylic acids is 1. The first-order valence-electron chi connectivity index (χ1n) is 10.7. The van der Waals surface area contributed by atoms with Gasteiger partial charge in [0.2, 0.25) is 5.54 Å². The molecule has 0 bridgehead atoms. The van der Waals surface area contributed by atoms with Crippen LogP contribution >= 0.6 is 0 Å². The molecule has 0 aliphatic carbocycles. The van der Waals surface area contributed by atoms with E-state index in [0.29, 0.717) is 6.42 Å². The minimum Gasteiger partial charge on any atom is -0.477 e. The minimum atomic E-state index is -4.28. The smallest absolute Gasteiger partial charge is 0.366 e. The molecule has 0 aromatic rings. The van der Waals surface area contributed by atoms with E-state index in [4.69, 9.17) is 0 Å². The van der Waals surface area contributed by atoms with Gasteiger partial charge in [0.15, 0.2) is 0 Å². The second kappa shape index (κ2) is 11.5. The van der Waals surface area contributed by atoms with Gasteiger partial charge < -0.3 is 9.59 Å². The van der Waals surface area contributed by atoms with E-state index in [1.807, 2.05) is 0 Å². The van der Waals surface area contributed by atoms with Gasteiger partial charge in [-0.1, -0.05) is 78.6 Å². The Labute approximate surface area is 173 Å². The molecule has 0 spiro atoms. The van der Waals surface area contributed by atoms with E-state index in [9.17, 15) is 22.9 Å². The topological polar surface area (TPSA) is 91.7 Å². The summed E-state index contributed by atoms with van der Waals surface area (Å²) >= 11 is 0. The summed E-state index contributed by atoms with van der Waals surface area (Å²) in [5, 5.41) is 10.1. The molecule has 28 heavy (non-hydrogen) atoms. The zero-order valence-corrected chi connectivity index (χ0v) is 19.8. The highest BCUT2D eigenvalue weighted by Gasteiger charge is 2.61. The number of unbranched alkanes of at least 4 members (excludes halogenated alkanes) is 9. The first-order valence-corrected chi connectivity index (χ1v) is 12.3. The van der Waals surface area contributed by atoms with Gasteiger partial charge in [0.25, 0.3) is 10.1 Å². The molecule has 2 N–H and O–H groups in total. The molecule has 0 aliphatic heterocycles. The Hall–Kier alpha value is -0.660. The van der Waals surface area contributed by atoms with Crippen LogP contribution in [0.5, 0.6) is 0 Å². The van der Waals surface area contributed by atoms with Crippen molar-refractivity contribution < 1.29 is 27.4 Å². The molecule has 0 fully saturated rings. The van der Waals surface area contributed by atoms with Crippen LogP contribution in [0.15, 0.2) is 0 Å². The molecule has 0 amide bonds. The molecule has 0 saturated heterocycles. The lowest BCUT2D eigenvalue weighted by Crippen LogP contribution is -2.70. The van der Waals surface area contributed by atoms with Crippen LogP contribution in [0.3, 0.4) is 0 Å². The molecular weight excluding hydrogens is 378 g/mol. The first kappa shape index (κ1) is 27.3. The standard InChI is InChI=1S/C21H43NO5S/c1-7-8-9-10-11-12-13-14-15-16-17-21(19(23)24,22(4,5)6)20(2,3)18-28(25,26)27/h7-18H2,1-6H3,(H-,23,24,25,26,27)/p+1. The maximum Gasteiger partial charge on any atom is 0.366 e. The molecule has 168 valence electrons. The Kier molecular flexibility index (Phi) is 11.2. The zero-order valence-electron chi connectivity index (χ0n) is 19.0. The number of likely N-dealkylation sites (N-methyl/N-ethyl adjacent to an activating group) is 1. The van der Waals surface area contributed by atoms with Crippen molar-refractivity contribution in [3.05, 3.63) is 0 Å². The van der Waals surface area contributed by atoms with Gasteiger partial charge in [-0.3, -0.25) is 4.55 Å². The number of rotatable bonds is 16. The number of hydrogen-bond donors (Lipinski definition) is 2. The number of quaternary nitrogens is 1. The summed E-state index contributed by atoms with van der Waals surface area (Å²) in [7, 11) is 1.08. The Balaban J connectivity index is 4.89. The number of carbonyl (C=O) groups is 1. The molecule has 0 heterocycles. The van der Waals surface area contributed by atoms with E-state index in [1.54, 1.807) is 35.0 Å². The van der Waals surface area contributed by atoms with Gasteiger partial charge in [0.1, 0.15) is 0 Å². The van der Waals surface area contributed by atoms with E-state index < -0.39 is 32.8 Å². The average Bonchev–Trinajstić information content (AvgIpc) is 2.48. The summed E-state index contributed by atoms with van der Waals surface area (Å²) in [6, 6.07) is 0. The van der Waals surface area contributed by atoms with Gasteiger partial charge in [-0.15, -0.1) is 0 Å². The quantitative estimate of drug-likeness (QED) is 0.213. The monoisotopic (exact) mass is 422 g/mol. The molecule has 0 rings (SSSR count). The number of hydrogen-bond acceptors (Lipinski definition) is 3. The Morgan fingerprint density at radius 3 is 1.57 bits per heavy atom. The zero-order chi connectivity index (χ0) is 22.1. The molecule has 0 radical (unpaired) electrons. The number of aliphatic carboxylic acids is 1. The van der Waals surface area contributed by atoms with Crippen molar-refractivity contribution in [2.45, 2.75) is 96.9 Å². The average molecular weight is 423 g/mol. The molecule has 0 aromatic carbocycles. The van der Waals surface area contributed by atoms with Crippen LogP contribution in [-0.4, -0.2) is 61.0 Å². The first-order chi connectivity index (χ1) is 12.7. The summed E-state index contributed by atoms with van der Waals surface area (Å²) < 4.78 is 32.6. The second-order valence-corrected chi connectivity index (χ2v) is 11.2. The summed E-state index contributed by atoms with van der Waals surface area (Å²) in [5.74, 6) is -1.58. The summed E-state index contributed by atoms with van der Waals surface area (Å²) in [5.41, 5.74) is -2.42. The van der Waals surface area contributed by atoms with E-state index in [0.717, 1.165) is 25.7 Å². The Bertz CT molecular complexity index is 566. The highest BCUT2D eigenvalue weighted by Crippen LogP contribution is 2.43. The van der Waals surface area contributed by atoms with Gasteiger partial charge in [-0.25, -0.2) is 4.79 Å². The Morgan fingerprint density at radius 1 is 0.857 bits per heavy atom. The molecule has 0 aliphatic rings. The lowest BCUT2D eigenvalue weighted by atomic mass is 9.68.